The maximum Gasteiger partial charge on any atom is 0.126 e. The van der Waals surface area contributed by atoms with Crippen molar-refractivity contribution in [3.63, 3.8) is 0 Å². The fourth-order valence-corrected chi connectivity index (χ4v) is 2.62. The van der Waals surface area contributed by atoms with Gasteiger partial charge in [-0.2, -0.15) is 0 Å². The third kappa shape index (κ3) is 3.02. The first kappa shape index (κ1) is 13.3. The lowest BCUT2D eigenvalue weighted by molar-refractivity contribution is 0.271. The maximum atomic E-state index is 4.54. The zero-order valence-electron chi connectivity index (χ0n) is 11.8. The lowest BCUT2D eigenvalue weighted by Crippen LogP contribution is -2.22. The number of rotatable bonds is 5. The highest BCUT2D eigenvalue weighted by Crippen LogP contribution is 2.31. The second-order valence-electron chi connectivity index (χ2n) is 5.22. The van der Waals surface area contributed by atoms with Crippen LogP contribution in [0.3, 0.4) is 0 Å². The summed E-state index contributed by atoms with van der Waals surface area (Å²) in [4.78, 5) is 7.08. The summed E-state index contributed by atoms with van der Waals surface area (Å²) in [7, 11) is 0. The van der Waals surface area contributed by atoms with Crippen LogP contribution < -0.4 is 5.32 Å². The minimum Gasteiger partial charge on any atom is -0.368 e. The molecule has 100 valence electrons. The van der Waals surface area contributed by atoms with Crippen molar-refractivity contribution >= 4 is 5.82 Å². The number of pyridine rings is 1. The second-order valence-corrected chi connectivity index (χ2v) is 5.22. The van der Waals surface area contributed by atoms with Crippen LogP contribution in [0.15, 0.2) is 18.3 Å². The molecule has 0 unspecified atom stereocenters. The van der Waals surface area contributed by atoms with Crippen LogP contribution >= 0.6 is 0 Å². The Bertz CT molecular complexity index is 361. The molecule has 0 aromatic carbocycles. The Labute approximate surface area is 111 Å². The molecule has 3 heteroatoms. The Morgan fingerprint density at radius 1 is 1.44 bits per heavy atom. The van der Waals surface area contributed by atoms with Crippen molar-refractivity contribution in [1.82, 2.24) is 9.88 Å². The largest absolute Gasteiger partial charge is 0.368 e. The first-order valence-corrected chi connectivity index (χ1v) is 7.21. The number of hydrogen-bond acceptors (Lipinski definition) is 3. The minimum atomic E-state index is 0.488. The maximum absolute atomic E-state index is 4.54. The van der Waals surface area contributed by atoms with E-state index in [9.17, 15) is 0 Å². The average Bonchev–Trinajstić information content (AvgIpc) is 2.87. The molecule has 2 atom stereocenters. The number of aromatic nitrogens is 1. The predicted octanol–water partition coefficient (Wildman–Crippen LogP) is 3.45. The van der Waals surface area contributed by atoms with E-state index in [2.05, 4.69) is 48.1 Å². The predicted molar refractivity (Wildman–Crippen MR) is 76.8 cm³/mol. The molecular weight excluding hydrogens is 222 g/mol. The smallest absolute Gasteiger partial charge is 0.126 e. The summed E-state index contributed by atoms with van der Waals surface area (Å²) in [6.45, 7) is 8.98. The summed E-state index contributed by atoms with van der Waals surface area (Å²) in [5.41, 5.74) is 1.36. The highest BCUT2D eigenvalue weighted by atomic mass is 15.2. The van der Waals surface area contributed by atoms with Crippen molar-refractivity contribution in [3.8, 4) is 0 Å². The van der Waals surface area contributed by atoms with E-state index in [1.807, 2.05) is 6.20 Å². The highest BCUT2D eigenvalue weighted by molar-refractivity contribution is 5.37. The molecule has 1 aliphatic rings. The van der Waals surface area contributed by atoms with Gasteiger partial charge in [0.1, 0.15) is 5.82 Å². The van der Waals surface area contributed by atoms with E-state index in [1.165, 1.54) is 24.9 Å². The van der Waals surface area contributed by atoms with Crippen LogP contribution in [0.25, 0.3) is 0 Å². The Morgan fingerprint density at radius 2 is 2.28 bits per heavy atom. The van der Waals surface area contributed by atoms with E-state index >= 15 is 0 Å². The zero-order valence-corrected chi connectivity index (χ0v) is 11.8. The van der Waals surface area contributed by atoms with Crippen molar-refractivity contribution in [2.75, 3.05) is 18.4 Å². The normalized spacial score (nSPS) is 22.1. The number of likely N-dealkylation sites (tertiary alicyclic amines) is 1. The summed E-state index contributed by atoms with van der Waals surface area (Å²) in [6, 6.07) is 5.42. The SMILES string of the molecule is CC[C@@H](C)Nc1ccc([C@H]2CCCN2CC)cn1. The summed E-state index contributed by atoms with van der Waals surface area (Å²) in [5, 5.41) is 3.41. The molecule has 1 aromatic heterocycles. The van der Waals surface area contributed by atoms with Crippen molar-refractivity contribution < 1.29 is 0 Å². The fraction of sp³-hybridized carbons (Fsp3) is 0.667. The molecular formula is C15H25N3. The number of nitrogens with zero attached hydrogens (tertiary/aromatic N) is 2. The van der Waals surface area contributed by atoms with E-state index in [0.29, 0.717) is 12.1 Å². The van der Waals surface area contributed by atoms with Crippen molar-refractivity contribution in [2.24, 2.45) is 0 Å². The lowest BCUT2D eigenvalue weighted by atomic mass is 10.1. The second kappa shape index (κ2) is 6.19. The summed E-state index contributed by atoms with van der Waals surface area (Å²) in [6.07, 6.45) is 5.75. The van der Waals surface area contributed by atoms with Gasteiger partial charge >= 0.3 is 0 Å². The molecule has 1 aromatic rings. The molecule has 2 rings (SSSR count). The van der Waals surface area contributed by atoms with Crippen LogP contribution in [0.2, 0.25) is 0 Å². The highest BCUT2D eigenvalue weighted by Gasteiger charge is 2.24. The number of nitrogens with one attached hydrogen (secondary N) is 1. The van der Waals surface area contributed by atoms with Crippen LogP contribution in [0.5, 0.6) is 0 Å². The van der Waals surface area contributed by atoms with Gasteiger partial charge in [-0.1, -0.05) is 19.9 Å². The van der Waals surface area contributed by atoms with Gasteiger partial charge in [-0.25, -0.2) is 4.98 Å². The molecule has 0 radical (unpaired) electrons. The van der Waals surface area contributed by atoms with Crippen LogP contribution in [0, 0.1) is 0 Å². The molecule has 1 aliphatic heterocycles. The molecule has 2 heterocycles. The van der Waals surface area contributed by atoms with Crippen LogP contribution in [-0.4, -0.2) is 29.0 Å². The van der Waals surface area contributed by atoms with E-state index in [4.69, 9.17) is 0 Å². The summed E-state index contributed by atoms with van der Waals surface area (Å²) >= 11 is 0. The Kier molecular flexibility index (Phi) is 4.59. The van der Waals surface area contributed by atoms with Crippen LogP contribution in [0.4, 0.5) is 5.82 Å². The van der Waals surface area contributed by atoms with E-state index < -0.39 is 0 Å². The molecule has 0 spiro atoms. The molecule has 1 saturated heterocycles. The van der Waals surface area contributed by atoms with E-state index in [1.54, 1.807) is 0 Å². The van der Waals surface area contributed by atoms with Crippen LogP contribution in [-0.2, 0) is 0 Å². The van der Waals surface area contributed by atoms with Gasteiger partial charge in [0.05, 0.1) is 0 Å². The lowest BCUT2D eigenvalue weighted by Gasteiger charge is -2.23. The van der Waals surface area contributed by atoms with Gasteiger partial charge in [0.2, 0.25) is 0 Å². The topological polar surface area (TPSA) is 28.2 Å². The molecule has 0 bridgehead atoms. The first-order chi connectivity index (χ1) is 8.74. The monoisotopic (exact) mass is 247 g/mol. The Balaban J connectivity index is 2.03. The Morgan fingerprint density at radius 3 is 2.89 bits per heavy atom. The van der Waals surface area contributed by atoms with Gasteiger partial charge in [0.25, 0.3) is 0 Å². The third-order valence-electron chi connectivity index (χ3n) is 3.95. The number of hydrogen-bond donors (Lipinski definition) is 1. The van der Waals surface area contributed by atoms with Gasteiger partial charge in [0.15, 0.2) is 0 Å². The van der Waals surface area contributed by atoms with Crippen molar-refractivity contribution in [1.29, 1.82) is 0 Å². The van der Waals surface area contributed by atoms with Gasteiger partial charge in [-0.05, 0) is 50.9 Å². The van der Waals surface area contributed by atoms with Crippen LogP contribution in [0.1, 0.15) is 51.6 Å². The van der Waals surface area contributed by atoms with Gasteiger partial charge in [-0.3, -0.25) is 4.90 Å². The quantitative estimate of drug-likeness (QED) is 0.864. The molecule has 0 aliphatic carbocycles. The minimum absolute atomic E-state index is 0.488. The third-order valence-corrected chi connectivity index (χ3v) is 3.95. The zero-order chi connectivity index (χ0) is 13.0. The molecule has 3 nitrogen and oxygen atoms in total. The van der Waals surface area contributed by atoms with E-state index in [0.717, 1.165) is 18.8 Å². The number of anilines is 1. The summed E-state index contributed by atoms with van der Waals surface area (Å²) < 4.78 is 0. The molecule has 0 saturated carbocycles. The van der Waals surface area contributed by atoms with Gasteiger partial charge in [-0.15, -0.1) is 0 Å². The summed E-state index contributed by atoms with van der Waals surface area (Å²) in [5.74, 6) is 0.995. The molecule has 0 amide bonds. The molecule has 1 N–H and O–H groups in total. The van der Waals surface area contributed by atoms with Crippen molar-refractivity contribution in [3.05, 3.63) is 23.9 Å². The Hall–Kier alpha value is -1.09. The van der Waals surface area contributed by atoms with Gasteiger partial charge < -0.3 is 5.32 Å². The molecule has 18 heavy (non-hydrogen) atoms. The van der Waals surface area contributed by atoms with E-state index in [-0.39, 0.29) is 0 Å². The average molecular weight is 247 g/mol. The van der Waals surface area contributed by atoms with Crippen molar-refractivity contribution in [2.45, 2.75) is 52.1 Å². The van der Waals surface area contributed by atoms with Gasteiger partial charge in [0, 0.05) is 18.3 Å². The molecule has 1 fully saturated rings. The first-order valence-electron chi connectivity index (χ1n) is 7.21. The fourth-order valence-electron chi connectivity index (χ4n) is 2.62. The standard InChI is InChI=1S/C15H25N3/c1-4-12(3)17-15-9-8-13(11-16-15)14-7-6-10-18(14)5-2/h8-9,11-12,14H,4-7,10H2,1-3H3,(H,16,17)/t12-,14-/m1/s1.